The van der Waals surface area contributed by atoms with E-state index < -0.39 is 0 Å². The molecule has 0 spiro atoms. The molecule has 4 rings (SSSR count). The highest BCUT2D eigenvalue weighted by Crippen LogP contribution is 2.60. The van der Waals surface area contributed by atoms with Crippen molar-refractivity contribution in [3.63, 3.8) is 0 Å². The van der Waals surface area contributed by atoms with Gasteiger partial charge in [0.15, 0.2) is 0 Å². The highest BCUT2D eigenvalue weighted by molar-refractivity contribution is 5.29. The Labute approximate surface area is 154 Å². The Kier molecular flexibility index (Phi) is 4.89. The van der Waals surface area contributed by atoms with E-state index in [0.717, 1.165) is 18.3 Å². The summed E-state index contributed by atoms with van der Waals surface area (Å²) in [6.45, 7) is 6.66. The molecule has 0 nitrogen and oxygen atoms in total. The van der Waals surface area contributed by atoms with Crippen molar-refractivity contribution in [1.82, 2.24) is 0 Å². The maximum Gasteiger partial charge on any atom is -0.00954 e. The fraction of sp³-hybridized carbons (Fsp3) is 0.600. The minimum absolute atomic E-state index is 0.427. The van der Waals surface area contributed by atoms with Gasteiger partial charge in [0, 0.05) is 0 Å². The summed E-state index contributed by atoms with van der Waals surface area (Å²) in [5, 5.41) is 0. The van der Waals surface area contributed by atoms with Gasteiger partial charge in [-0.15, -0.1) is 6.58 Å². The molecule has 5 atom stereocenters. The molecule has 5 unspecified atom stereocenters. The molecular formula is C25H34. The third-order valence-corrected chi connectivity index (χ3v) is 7.67. The lowest BCUT2D eigenvalue weighted by Gasteiger charge is -2.43. The van der Waals surface area contributed by atoms with E-state index in [1.807, 2.05) is 0 Å². The van der Waals surface area contributed by atoms with Gasteiger partial charge in [-0.25, -0.2) is 0 Å². The Bertz CT molecular complexity index is 564. The standard InChI is InChI=1S/C25H34/c1-3-4-17-25(2,18-19-11-5-6-12-19)24-22-15-9-7-13-20(22)21-14-8-10-16-23(21)24/h3,7-10,13-16,19-24H,1,4-6,11-12,17-18H2,2H3. The molecule has 0 radical (unpaired) electrons. The lowest BCUT2D eigenvalue weighted by Crippen LogP contribution is -2.36. The van der Waals surface area contributed by atoms with Crippen molar-refractivity contribution in [2.75, 3.05) is 0 Å². The van der Waals surface area contributed by atoms with Crippen molar-refractivity contribution in [2.45, 2.75) is 51.9 Å². The van der Waals surface area contributed by atoms with Crippen LogP contribution in [0, 0.1) is 40.9 Å². The number of allylic oxidation sites excluding steroid dienone is 9. The summed E-state index contributed by atoms with van der Waals surface area (Å²) >= 11 is 0. The number of hydrogen-bond donors (Lipinski definition) is 0. The third-order valence-electron chi connectivity index (χ3n) is 7.67. The van der Waals surface area contributed by atoms with Crippen LogP contribution in [0.4, 0.5) is 0 Å². The maximum absolute atomic E-state index is 4.03. The molecule has 4 aliphatic rings. The van der Waals surface area contributed by atoms with Gasteiger partial charge in [-0.05, 0) is 60.2 Å². The van der Waals surface area contributed by atoms with Crippen molar-refractivity contribution < 1.29 is 0 Å². The zero-order valence-corrected chi connectivity index (χ0v) is 15.8. The lowest BCUT2D eigenvalue weighted by molar-refractivity contribution is 0.0824. The quantitative estimate of drug-likeness (QED) is 0.464. The minimum Gasteiger partial charge on any atom is -0.103 e. The second-order valence-electron chi connectivity index (χ2n) is 9.21. The summed E-state index contributed by atoms with van der Waals surface area (Å²) in [6.07, 6.45) is 31.1. The Morgan fingerprint density at radius 1 is 0.880 bits per heavy atom. The second kappa shape index (κ2) is 7.14. The molecule has 134 valence electrons. The first-order valence-corrected chi connectivity index (χ1v) is 10.5. The molecule has 0 aromatic rings. The Hall–Kier alpha value is -1.30. The van der Waals surface area contributed by atoms with Crippen molar-refractivity contribution in [2.24, 2.45) is 40.9 Å². The molecule has 0 heteroatoms. The van der Waals surface area contributed by atoms with Crippen LogP contribution in [0.15, 0.2) is 61.3 Å². The van der Waals surface area contributed by atoms with Gasteiger partial charge >= 0.3 is 0 Å². The molecule has 2 fully saturated rings. The topological polar surface area (TPSA) is 0 Å². The van der Waals surface area contributed by atoms with Gasteiger partial charge in [0.25, 0.3) is 0 Å². The van der Waals surface area contributed by atoms with Gasteiger partial charge in [-0.1, -0.05) is 87.3 Å². The molecule has 0 N–H and O–H groups in total. The molecule has 0 aromatic heterocycles. The predicted octanol–water partition coefficient (Wildman–Crippen LogP) is 6.89. The van der Waals surface area contributed by atoms with Gasteiger partial charge in [0.05, 0.1) is 0 Å². The van der Waals surface area contributed by atoms with E-state index in [-0.39, 0.29) is 0 Å². The summed E-state index contributed by atoms with van der Waals surface area (Å²) in [4.78, 5) is 0. The van der Waals surface area contributed by atoms with E-state index >= 15 is 0 Å². The Balaban J connectivity index is 1.67. The van der Waals surface area contributed by atoms with E-state index in [1.54, 1.807) is 0 Å². The van der Waals surface area contributed by atoms with Gasteiger partial charge in [-0.2, -0.15) is 0 Å². The summed E-state index contributed by atoms with van der Waals surface area (Å²) < 4.78 is 0. The molecule has 0 bridgehead atoms. The highest BCUT2D eigenvalue weighted by atomic mass is 14.6. The predicted molar refractivity (Wildman–Crippen MR) is 108 cm³/mol. The van der Waals surface area contributed by atoms with Gasteiger partial charge in [0.1, 0.15) is 0 Å². The average molecular weight is 335 g/mol. The van der Waals surface area contributed by atoms with Crippen LogP contribution in [0.1, 0.15) is 51.9 Å². The van der Waals surface area contributed by atoms with Crippen LogP contribution >= 0.6 is 0 Å². The largest absolute Gasteiger partial charge is 0.103 e. The summed E-state index contributed by atoms with van der Waals surface area (Å²) in [7, 11) is 0. The Morgan fingerprint density at radius 3 is 1.92 bits per heavy atom. The highest BCUT2D eigenvalue weighted by Gasteiger charge is 2.54. The van der Waals surface area contributed by atoms with Crippen molar-refractivity contribution in [1.29, 1.82) is 0 Å². The molecule has 0 heterocycles. The van der Waals surface area contributed by atoms with E-state index in [4.69, 9.17) is 0 Å². The summed E-state index contributed by atoms with van der Waals surface area (Å²) in [6, 6.07) is 0. The first-order valence-electron chi connectivity index (χ1n) is 10.5. The molecule has 2 saturated carbocycles. The van der Waals surface area contributed by atoms with Gasteiger partial charge in [-0.3, -0.25) is 0 Å². The molecule has 4 aliphatic carbocycles. The zero-order chi connectivity index (χ0) is 17.3. The van der Waals surface area contributed by atoms with Crippen LogP contribution in [0.25, 0.3) is 0 Å². The molecule has 0 saturated heterocycles. The van der Waals surface area contributed by atoms with Crippen molar-refractivity contribution >= 4 is 0 Å². The van der Waals surface area contributed by atoms with E-state index in [1.165, 1.54) is 38.5 Å². The Morgan fingerprint density at radius 2 is 1.40 bits per heavy atom. The zero-order valence-electron chi connectivity index (χ0n) is 15.8. The van der Waals surface area contributed by atoms with Crippen molar-refractivity contribution in [3.8, 4) is 0 Å². The lowest BCUT2D eigenvalue weighted by atomic mass is 9.61. The first-order chi connectivity index (χ1) is 12.2. The molecule has 0 aromatic carbocycles. The molecular weight excluding hydrogens is 300 g/mol. The minimum atomic E-state index is 0.427. The maximum atomic E-state index is 4.03. The monoisotopic (exact) mass is 334 g/mol. The molecule has 0 aliphatic heterocycles. The summed E-state index contributed by atoms with van der Waals surface area (Å²) in [5.41, 5.74) is 0.427. The number of fused-ring (bicyclic) bond motifs is 3. The smallest absolute Gasteiger partial charge is 0.00954 e. The number of hydrogen-bond acceptors (Lipinski definition) is 0. The van der Waals surface area contributed by atoms with E-state index in [2.05, 4.69) is 68.2 Å². The second-order valence-corrected chi connectivity index (χ2v) is 9.21. The van der Waals surface area contributed by atoms with Crippen molar-refractivity contribution in [3.05, 3.63) is 61.3 Å². The fourth-order valence-electron chi connectivity index (χ4n) is 6.67. The summed E-state index contributed by atoms with van der Waals surface area (Å²) in [5.74, 6) is 4.55. The number of rotatable bonds is 6. The van der Waals surface area contributed by atoms with Crippen LogP contribution in [-0.4, -0.2) is 0 Å². The first kappa shape index (κ1) is 17.1. The van der Waals surface area contributed by atoms with Crippen LogP contribution < -0.4 is 0 Å². The normalized spacial score (nSPS) is 38.5. The van der Waals surface area contributed by atoms with Gasteiger partial charge < -0.3 is 0 Å². The van der Waals surface area contributed by atoms with Crippen LogP contribution in [-0.2, 0) is 0 Å². The third kappa shape index (κ3) is 3.14. The van der Waals surface area contributed by atoms with Crippen LogP contribution in [0.3, 0.4) is 0 Å². The fourth-order valence-corrected chi connectivity index (χ4v) is 6.67. The SMILES string of the molecule is C=CCCC(C)(CC1CCCC1)C1C2C=CC=CC2C2C=CC=CC21. The van der Waals surface area contributed by atoms with E-state index in [9.17, 15) is 0 Å². The van der Waals surface area contributed by atoms with Crippen LogP contribution in [0.5, 0.6) is 0 Å². The van der Waals surface area contributed by atoms with Crippen LogP contribution in [0.2, 0.25) is 0 Å². The molecule has 0 amide bonds. The average Bonchev–Trinajstić information content (AvgIpc) is 3.25. The molecule has 25 heavy (non-hydrogen) atoms. The van der Waals surface area contributed by atoms with E-state index in [0.29, 0.717) is 29.1 Å². The van der Waals surface area contributed by atoms with Gasteiger partial charge in [0.2, 0.25) is 0 Å².